The summed E-state index contributed by atoms with van der Waals surface area (Å²) >= 11 is 3.34. The summed E-state index contributed by atoms with van der Waals surface area (Å²) in [6.45, 7) is 8.32. The highest BCUT2D eigenvalue weighted by atomic mass is 32.1. The second-order valence-corrected chi connectivity index (χ2v) is 6.58. The predicted molar refractivity (Wildman–Crippen MR) is 110 cm³/mol. The Hall–Kier alpha value is -2.25. The number of nitrogens with one attached hydrogen (secondary N) is 1. The van der Waals surface area contributed by atoms with Crippen LogP contribution in [0.4, 0.5) is 0 Å². The zero-order valence-corrected chi connectivity index (χ0v) is 16.7. The van der Waals surface area contributed by atoms with Crippen LogP contribution in [0.2, 0.25) is 0 Å². The van der Waals surface area contributed by atoms with E-state index in [1.54, 1.807) is 6.20 Å². The minimum atomic E-state index is -0.0169. The molecule has 0 saturated carbocycles. The molecule has 0 spiro atoms. The van der Waals surface area contributed by atoms with Crippen molar-refractivity contribution in [2.75, 3.05) is 20.1 Å². The van der Waals surface area contributed by atoms with Crippen molar-refractivity contribution in [2.45, 2.75) is 27.2 Å². The van der Waals surface area contributed by atoms with Gasteiger partial charge in [-0.15, -0.1) is 4.99 Å². The normalized spacial score (nSPS) is 11.7. The van der Waals surface area contributed by atoms with Crippen LogP contribution in [0.3, 0.4) is 0 Å². The van der Waals surface area contributed by atoms with Crippen molar-refractivity contribution in [1.82, 2.24) is 14.9 Å². The summed E-state index contributed by atoms with van der Waals surface area (Å²) < 4.78 is 5.78. The number of hydrogen-bond donors (Lipinski definition) is 1. The van der Waals surface area contributed by atoms with Crippen molar-refractivity contribution in [3.8, 4) is 5.75 Å². The number of aryl methyl sites for hydroxylation is 2. The Morgan fingerprint density at radius 1 is 1.27 bits per heavy atom. The Morgan fingerprint density at radius 3 is 2.69 bits per heavy atom. The molecule has 0 aliphatic heterocycles. The number of aliphatic imine (C=N–C) groups is 1. The van der Waals surface area contributed by atoms with Gasteiger partial charge in [0.2, 0.25) is 0 Å². The molecule has 6 nitrogen and oxygen atoms in total. The number of nitrogens with zero attached hydrogens (tertiary/aromatic N) is 4. The molecule has 7 heteroatoms. The molecule has 1 N–H and O–H groups in total. The van der Waals surface area contributed by atoms with E-state index in [1.165, 1.54) is 23.5 Å². The molecule has 0 fully saturated rings. The van der Waals surface area contributed by atoms with Gasteiger partial charge in [-0.05, 0) is 56.6 Å². The number of hydrogen-bond acceptors (Lipinski definition) is 5. The Balaban J connectivity index is 2.10. The SMILES string of the molecule is CCN(C)CCc1cc(C)c(OC([SH2+])=NC(=N)c2cnccn2)cc1C. The minimum absolute atomic E-state index is 0.0169. The number of benzene rings is 1. The van der Waals surface area contributed by atoms with Gasteiger partial charge in [0.15, 0.2) is 5.84 Å². The molecule has 0 amide bonds. The average molecular weight is 373 g/mol. The fourth-order valence-electron chi connectivity index (χ4n) is 2.41. The van der Waals surface area contributed by atoms with E-state index >= 15 is 0 Å². The first-order chi connectivity index (χ1) is 12.4. The highest BCUT2D eigenvalue weighted by molar-refractivity contribution is 7.77. The monoisotopic (exact) mass is 372 g/mol. The number of aromatic nitrogens is 2. The van der Waals surface area contributed by atoms with Gasteiger partial charge in [0.1, 0.15) is 11.4 Å². The molecule has 2 aromatic rings. The third-order valence-corrected chi connectivity index (χ3v) is 4.38. The molecule has 0 aliphatic carbocycles. The van der Waals surface area contributed by atoms with Gasteiger partial charge < -0.3 is 9.64 Å². The first kappa shape index (κ1) is 20.1. The van der Waals surface area contributed by atoms with Crippen molar-refractivity contribution in [2.24, 2.45) is 4.99 Å². The summed E-state index contributed by atoms with van der Waals surface area (Å²) in [5.41, 5.74) is 3.91. The second kappa shape index (κ2) is 9.45. The second-order valence-electron chi connectivity index (χ2n) is 6.15. The van der Waals surface area contributed by atoms with Crippen LogP contribution in [0.1, 0.15) is 29.3 Å². The van der Waals surface area contributed by atoms with E-state index in [-0.39, 0.29) is 11.1 Å². The summed E-state index contributed by atoms with van der Waals surface area (Å²) in [5.74, 6) is 0.701. The number of likely N-dealkylation sites (N-methyl/N-ethyl adjacent to an activating group) is 1. The lowest BCUT2D eigenvalue weighted by Gasteiger charge is -2.16. The standard InChI is InChI=1S/C19H25N5OS/c1-5-24(4)9-6-15-10-14(3)17(11-13(15)2)25-19(26)23-18(20)16-12-21-7-8-22-16/h7-8,10-12H,5-6,9H2,1-4H3,(H2,20,23,26)/p+1. The van der Waals surface area contributed by atoms with E-state index in [0.717, 1.165) is 30.8 Å². The van der Waals surface area contributed by atoms with Gasteiger partial charge in [-0.1, -0.05) is 13.0 Å². The fourth-order valence-corrected chi connectivity index (χ4v) is 2.63. The summed E-state index contributed by atoms with van der Waals surface area (Å²) in [5, 5.41) is 8.17. The third kappa shape index (κ3) is 5.64. The lowest BCUT2D eigenvalue weighted by molar-refractivity contribution is 0.357. The van der Waals surface area contributed by atoms with Gasteiger partial charge in [-0.25, -0.2) is 4.98 Å². The van der Waals surface area contributed by atoms with Gasteiger partial charge in [0, 0.05) is 18.9 Å². The molecule has 138 valence electrons. The quantitative estimate of drug-likeness (QED) is 0.480. The van der Waals surface area contributed by atoms with Crippen molar-refractivity contribution < 1.29 is 4.74 Å². The summed E-state index contributed by atoms with van der Waals surface area (Å²) in [6.07, 6.45) is 5.57. The van der Waals surface area contributed by atoms with Crippen LogP contribution in [-0.2, 0) is 19.0 Å². The molecular formula is C19H26N5OS+. The molecule has 1 heterocycles. The van der Waals surface area contributed by atoms with Crippen molar-refractivity contribution in [3.63, 3.8) is 0 Å². The highest BCUT2D eigenvalue weighted by Gasteiger charge is 2.12. The lowest BCUT2D eigenvalue weighted by atomic mass is 10.0. The molecule has 26 heavy (non-hydrogen) atoms. The van der Waals surface area contributed by atoms with Gasteiger partial charge in [-0.2, -0.15) is 0 Å². The van der Waals surface area contributed by atoms with Crippen LogP contribution in [0.15, 0.2) is 35.7 Å². The zero-order valence-electron chi connectivity index (χ0n) is 15.7. The van der Waals surface area contributed by atoms with Crippen LogP contribution >= 0.6 is 0 Å². The largest absolute Gasteiger partial charge is 0.414 e. The van der Waals surface area contributed by atoms with Gasteiger partial charge in [0.25, 0.3) is 0 Å². The molecule has 0 unspecified atom stereocenters. The molecule has 1 aromatic heterocycles. The van der Waals surface area contributed by atoms with Crippen molar-refractivity contribution >= 4 is 23.7 Å². The fraction of sp³-hybridized carbons (Fsp3) is 0.368. The molecule has 1 aromatic carbocycles. The first-order valence-corrected chi connectivity index (χ1v) is 9.02. The number of rotatable bonds is 6. The van der Waals surface area contributed by atoms with Crippen LogP contribution in [0.25, 0.3) is 0 Å². The number of ether oxygens (including phenoxy) is 1. The van der Waals surface area contributed by atoms with E-state index in [4.69, 9.17) is 10.1 Å². The van der Waals surface area contributed by atoms with Crippen molar-refractivity contribution in [1.29, 1.82) is 5.41 Å². The third-order valence-electron chi connectivity index (χ3n) is 4.16. The Kier molecular flexibility index (Phi) is 7.29. The van der Waals surface area contributed by atoms with E-state index in [9.17, 15) is 0 Å². The molecule has 0 atom stereocenters. The summed E-state index contributed by atoms with van der Waals surface area (Å²) in [6, 6.07) is 4.17. The average Bonchev–Trinajstić information content (AvgIpc) is 2.63. The Bertz CT molecular complexity index is 792. The summed E-state index contributed by atoms with van der Waals surface area (Å²) in [7, 11) is 2.12. The smallest absolute Gasteiger partial charge is 0.402 e. The van der Waals surface area contributed by atoms with Crippen LogP contribution < -0.4 is 4.74 Å². The predicted octanol–water partition coefficient (Wildman–Crippen LogP) is 2.36. The maximum Gasteiger partial charge on any atom is 0.414 e. The van der Waals surface area contributed by atoms with Gasteiger partial charge >= 0.3 is 5.23 Å². The first-order valence-electron chi connectivity index (χ1n) is 8.52. The highest BCUT2D eigenvalue weighted by Crippen LogP contribution is 2.23. The molecular weight excluding hydrogens is 346 g/mol. The molecule has 0 saturated heterocycles. The Labute approximate surface area is 160 Å². The molecule has 0 bridgehead atoms. The molecule has 0 aliphatic rings. The maximum atomic E-state index is 7.96. The van der Waals surface area contributed by atoms with E-state index in [0.29, 0.717) is 5.69 Å². The minimum Gasteiger partial charge on any atom is -0.402 e. The zero-order chi connectivity index (χ0) is 19.1. The van der Waals surface area contributed by atoms with Crippen LogP contribution in [0.5, 0.6) is 5.75 Å². The number of amidine groups is 1. The molecule has 2 rings (SSSR count). The summed E-state index contributed by atoms with van der Waals surface area (Å²) in [4.78, 5) is 14.4. The van der Waals surface area contributed by atoms with Gasteiger partial charge in [0.05, 0.1) is 18.8 Å². The van der Waals surface area contributed by atoms with E-state index in [2.05, 4.69) is 59.5 Å². The van der Waals surface area contributed by atoms with Crippen LogP contribution in [0, 0.1) is 19.3 Å². The lowest BCUT2D eigenvalue weighted by Crippen LogP contribution is -2.20. The van der Waals surface area contributed by atoms with Crippen LogP contribution in [-0.4, -0.2) is 46.1 Å². The topological polar surface area (TPSA) is 74.5 Å². The van der Waals surface area contributed by atoms with E-state index < -0.39 is 0 Å². The van der Waals surface area contributed by atoms with Crippen molar-refractivity contribution in [3.05, 3.63) is 53.1 Å². The van der Waals surface area contributed by atoms with Gasteiger partial charge in [-0.3, -0.25) is 10.4 Å². The molecule has 0 radical (unpaired) electrons. The van der Waals surface area contributed by atoms with E-state index in [1.807, 2.05) is 13.0 Å². The maximum absolute atomic E-state index is 7.96. The Morgan fingerprint density at radius 2 is 2.04 bits per heavy atom.